The Morgan fingerprint density at radius 1 is 1.12 bits per heavy atom. The van der Waals surface area contributed by atoms with Gasteiger partial charge in [0.05, 0.1) is 12.0 Å². The molecule has 0 bridgehead atoms. The molecule has 0 aliphatic carbocycles. The number of carbonyl (C=O) groups excluding carboxylic acids is 1. The number of anilines is 1. The van der Waals surface area contributed by atoms with Crippen molar-refractivity contribution in [2.75, 3.05) is 12.4 Å². The first-order chi connectivity index (χ1) is 12.3. The molecular weight excluding hydrogens is 332 g/mol. The van der Waals surface area contributed by atoms with Crippen LogP contribution in [0.15, 0.2) is 72.1 Å². The van der Waals surface area contributed by atoms with Gasteiger partial charge in [0.1, 0.15) is 12.3 Å². The van der Waals surface area contributed by atoms with E-state index in [4.69, 9.17) is 4.74 Å². The van der Waals surface area contributed by atoms with Gasteiger partial charge in [-0.1, -0.05) is 42.5 Å². The molecule has 0 aliphatic heterocycles. The maximum atomic E-state index is 12.9. The Balaban J connectivity index is 1.76. The van der Waals surface area contributed by atoms with E-state index in [0.29, 0.717) is 0 Å². The van der Waals surface area contributed by atoms with Crippen molar-refractivity contribution in [1.82, 2.24) is 0 Å². The molecule has 0 fully saturated rings. The standard InChI is InChI=1S/C20H20N2O2S/c1-24-17-10-5-9-16(13-17)22-20(23)19(15-7-3-2-4-8-15)21-14-18-11-6-12-25-18/h2-13,19,21H,14H2,1H3,(H,22,23)/p+1/t19-/m1/s1. The van der Waals surface area contributed by atoms with E-state index >= 15 is 0 Å². The first-order valence-corrected chi connectivity index (χ1v) is 9.00. The Bertz CT molecular complexity index is 804. The van der Waals surface area contributed by atoms with Gasteiger partial charge in [-0.2, -0.15) is 0 Å². The van der Waals surface area contributed by atoms with E-state index in [9.17, 15) is 4.79 Å². The number of hydrogen-bond donors (Lipinski definition) is 2. The summed E-state index contributed by atoms with van der Waals surface area (Å²) < 4.78 is 5.22. The van der Waals surface area contributed by atoms with Crippen molar-refractivity contribution in [3.8, 4) is 5.75 Å². The molecule has 0 spiro atoms. The van der Waals surface area contributed by atoms with Gasteiger partial charge < -0.3 is 15.4 Å². The van der Waals surface area contributed by atoms with Gasteiger partial charge in [0.15, 0.2) is 6.04 Å². The largest absolute Gasteiger partial charge is 0.497 e. The second-order valence-electron chi connectivity index (χ2n) is 5.63. The Labute approximate surface area is 151 Å². The van der Waals surface area contributed by atoms with Crippen molar-refractivity contribution in [1.29, 1.82) is 0 Å². The van der Waals surface area contributed by atoms with Gasteiger partial charge in [0.2, 0.25) is 0 Å². The van der Waals surface area contributed by atoms with Crippen LogP contribution >= 0.6 is 11.3 Å². The third kappa shape index (κ3) is 4.68. The fraction of sp³-hybridized carbons (Fsp3) is 0.150. The lowest BCUT2D eigenvalue weighted by Crippen LogP contribution is -2.85. The fourth-order valence-electron chi connectivity index (χ4n) is 2.64. The number of methoxy groups -OCH3 is 1. The Morgan fingerprint density at radius 3 is 2.68 bits per heavy atom. The molecule has 0 radical (unpaired) electrons. The van der Waals surface area contributed by atoms with E-state index in [1.165, 1.54) is 4.88 Å². The molecule has 0 saturated heterocycles. The van der Waals surface area contributed by atoms with Crippen LogP contribution in [0.2, 0.25) is 0 Å². The second-order valence-corrected chi connectivity index (χ2v) is 6.66. The van der Waals surface area contributed by atoms with Crippen molar-refractivity contribution in [2.24, 2.45) is 0 Å². The summed E-state index contributed by atoms with van der Waals surface area (Å²) in [5, 5.41) is 7.12. The average molecular weight is 353 g/mol. The molecular formula is C20H21N2O2S+. The molecule has 0 saturated carbocycles. The Hall–Kier alpha value is -2.63. The summed E-state index contributed by atoms with van der Waals surface area (Å²) in [6.07, 6.45) is 0. The highest BCUT2D eigenvalue weighted by Crippen LogP contribution is 2.18. The number of hydrogen-bond acceptors (Lipinski definition) is 3. The molecule has 3 aromatic rings. The van der Waals surface area contributed by atoms with Crippen LogP contribution in [0.4, 0.5) is 5.69 Å². The van der Waals surface area contributed by atoms with Crippen LogP contribution in [0.25, 0.3) is 0 Å². The van der Waals surface area contributed by atoms with E-state index in [0.717, 1.165) is 23.5 Å². The van der Waals surface area contributed by atoms with Crippen molar-refractivity contribution in [3.05, 3.63) is 82.6 Å². The molecule has 1 heterocycles. The number of carbonyl (C=O) groups is 1. The molecule has 4 nitrogen and oxygen atoms in total. The highest BCUT2D eigenvalue weighted by molar-refractivity contribution is 7.09. The van der Waals surface area contributed by atoms with Gasteiger partial charge in [-0.05, 0) is 23.6 Å². The number of thiophene rings is 1. The smallest absolute Gasteiger partial charge is 0.287 e. The number of rotatable bonds is 7. The Morgan fingerprint density at radius 2 is 1.96 bits per heavy atom. The van der Waals surface area contributed by atoms with E-state index in [2.05, 4.69) is 22.1 Å². The minimum absolute atomic E-state index is 0.0454. The van der Waals surface area contributed by atoms with Gasteiger partial charge in [-0.3, -0.25) is 4.79 Å². The van der Waals surface area contributed by atoms with Gasteiger partial charge in [-0.25, -0.2) is 0 Å². The van der Waals surface area contributed by atoms with Gasteiger partial charge in [0, 0.05) is 17.3 Å². The molecule has 0 aliphatic rings. The molecule has 1 atom stereocenters. The molecule has 3 rings (SSSR count). The van der Waals surface area contributed by atoms with Crippen molar-refractivity contribution in [2.45, 2.75) is 12.6 Å². The molecule has 0 unspecified atom stereocenters. The number of benzene rings is 2. The highest BCUT2D eigenvalue weighted by Gasteiger charge is 2.24. The number of ether oxygens (including phenoxy) is 1. The quantitative estimate of drug-likeness (QED) is 0.685. The summed E-state index contributed by atoms with van der Waals surface area (Å²) in [6, 6.07) is 21.1. The van der Waals surface area contributed by atoms with Gasteiger partial charge in [-0.15, -0.1) is 11.3 Å². The molecule has 25 heavy (non-hydrogen) atoms. The molecule has 1 amide bonds. The monoisotopic (exact) mass is 353 g/mol. The average Bonchev–Trinajstić information content (AvgIpc) is 3.16. The van der Waals surface area contributed by atoms with Crippen molar-refractivity contribution in [3.63, 3.8) is 0 Å². The van der Waals surface area contributed by atoms with Crippen LogP contribution in [-0.2, 0) is 11.3 Å². The number of nitrogens with two attached hydrogens (primary N) is 1. The van der Waals surface area contributed by atoms with Crippen molar-refractivity contribution < 1.29 is 14.8 Å². The van der Waals surface area contributed by atoms with E-state index in [1.54, 1.807) is 18.4 Å². The number of amides is 1. The molecule has 1 aromatic heterocycles. The van der Waals surface area contributed by atoms with Crippen molar-refractivity contribution >= 4 is 22.9 Å². The zero-order valence-corrected chi connectivity index (χ0v) is 14.8. The minimum atomic E-state index is -0.311. The molecule has 128 valence electrons. The SMILES string of the molecule is COc1cccc(NC(=O)[C@H]([NH2+]Cc2cccs2)c2ccccc2)c1. The third-order valence-corrected chi connectivity index (χ3v) is 4.81. The van der Waals surface area contributed by atoms with Gasteiger partial charge >= 0.3 is 0 Å². The maximum Gasteiger partial charge on any atom is 0.287 e. The third-order valence-electron chi connectivity index (χ3n) is 3.91. The van der Waals surface area contributed by atoms with Gasteiger partial charge in [0.25, 0.3) is 5.91 Å². The summed E-state index contributed by atoms with van der Waals surface area (Å²) in [4.78, 5) is 14.1. The molecule has 2 aromatic carbocycles. The topological polar surface area (TPSA) is 54.9 Å². The zero-order valence-electron chi connectivity index (χ0n) is 14.0. The lowest BCUT2D eigenvalue weighted by atomic mass is 10.1. The first-order valence-electron chi connectivity index (χ1n) is 8.12. The van der Waals surface area contributed by atoms with Crippen LogP contribution in [0.1, 0.15) is 16.5 Å². The van der Waals surface area contributed by atoms with E-state index in [1.807, 2.05) is 60.7 Å². The predicted octanol–water partition coefficient (Wildman–Crippen LogP) is 3.20. The van der Waals surface area contributed by atoms with Crippen LogP contribution in [0.5, 0.6) is 5.75 Å². The Kier molecular flexibility index (Phi) is 5.82. The summed E-state index contributed by atoms with van der Waals surface area (Å²) >= 11 is 1.70. The van der Waals surface area contributed by atoms with Crippen LogP contribution in [0.3, 0.4) is 0 Å². The lowest BCUT2D eigenvalue weighted by molar-refractivity contribution is -0.697. The maximum absolute atomic E-state index is 12.9. The molecule has 5 heteroatoms. The molecule has 3 N–H and O–H groups in total. The summed E-state index contributed by atoms with van der Waals surface area (Å²) in [6.45, 7) is 0.767. The van der Waals surface area contributed by atoms with Crippen LogP contribution < -0.4 is 15.4 Å². The lowest BCUT2D eigenvalue weighted by Gasteiger charge is -2.16. The first kappa shape index (κ1) is 17.2. The van der Waals surface area contributed by atoms with Crippen LogP contribution in [-0.4, -0.2) is 13.0 Å². The summed E-state index contributed by atoms with van der Waals surface area (Å²) in [5.74, 6) is 0.674. The van der Waals surface area contributed by atoms with E-state index < -0.39 is 0 Å². The van der Waals surface area contributed by atoms with E-state index in [-0.39, 0.29) is 11.9 Å². The minimum Gasteiger partial charge on any atom is -0.497 e. The second kappa shape index (κ2) is 8.46. The summed E-state index contributed by atoms with van der Waals surface area (Å²) in [5.41, 5.74) is 1.72. The van der Waals surface area contributed by atoms with Crippen LogP contribution in [0, 0.1) is 0 Å². The number of quaternary nitrogens is 1. The number of nitrogens with one attached hydrogen (secondary N) is 1. The summed E-state index contributed by atoms with van der Waals surface area (Å²) in [7, 11) is 1.61. The normalized spacial score (nSPS) is 11.7. The predicted molar refractivity (Wildman–Crippen MR) is 101 cm³/mol. The highest BCUT2D eigenvalue weighted by atomic mass is 32.1. The fourth-order valence-corrected chi connectivity index (χ4v) is 3.32. The zero-order chi connectivity index (χ0) is 17.5.